The van der Waals surface area contributed by atoms with Crippen LogP contribution in [0, 0.1) is 12.7 Å². The number of benzene rings is 1. The van der Waals surface area contributed by atoms with Crippen molar-refractivity contribution in [3.05, 3.63) is 35.1 Å². The summed E-state index contributed by atoms with van der Waals surface area (Å²) in [7, 11) is 0. The monoisotopic (exact) mass is 211 g/mol. The lowest BCUT2D eigenvalue weighted by Crippen LogP contribution is -2.30. The first-order chi connectivity index (χ1) is 6.77. The van der Waals surface area contributed by atoms with Crippen molar-refractivity contribution in [2.24, 2.45) is 0 Å². The highest BCUT2D eigenvalue weighted by Crippen LogP contribution is 2.23. The van der Waals surface area contributed by atoms with Crippen LogP contribution in [0.25, 0.3) is 0 Å². The van der Waals surface area contributed by atoms with Gasteiger partial charge >= 0.3 is 0 Å². The number of halogens is 1. The van der Waals surface area contributed by atoms with E-state index in [1.54, 1.807) is 13.0 Å². The summed E-state index contributed by atoms with van der Waals surface area (Å²) in [6.45, 7) is 2.81. The third kappa shape index (κ3) is 2.10. The molecule has 0 aromatic heterocycles. The lowest BCUT2D eigenvalue weighted by molar-refractivity contribution is 0.578. The predicted octanol–water partition coefficient (Wildman–Crippen LogP) is 2.51. The van der Waals surface area contributed by atoms with Gasteiger partial charge in [0.25, 0.3) is 0 Å². The van der Waals surface area contributed by atoms with Gasteiger partial charge < -0.3 is 5.32 Å². The van der Waals surface area contributed by atoms with E-state index in [4.69, 9.17) is 0 Å². The minimum Gasteiger partial charge on any atom is -0.308 e. The van der Waals surface area contributed by atoms with Crippen LogP contribution < -0.4 is 5.32 Å². The van der Waals surface area contributed by atoms with Crippen LogP contribution in [0.5, 0.6) is 0 Å². The summed E-state index contributed by atoms with van der Waals surface area (Å²) in [5.74, 6) is 2.10. The molecule has 1 aromatic rings. The van der Waals surface area contributed by atoms with Crippen LogP contribution in [-0.4, -0.2) is 18.1 Å². The van der Waals surface area contributed by atoms with Gasteiger partial charge in [-0.15, -0.1) is 0 Å². The van der Waals surface area contributed by atoms with Crippen molar-refractivity contribution in [2.75, 3.05) is 18.1 Å². The summed E-state index contributed by atoms with van der Waals surface area (Å²) >= 11 is 1.92. The van der Waals surface area contributed by atoms with Crippen LogP contribution in [0.15, 0.2) is 18.2 Å². The Kier molecular flexibility index (Phi) is 3.08. The molecule has 1 atom stereocenters. The van der Waals surface area contributed by atoms with Crippen LogP contribution in [0.3, 0.4) is 0 Å². The lowest BCUT2D eigenvalue weighted by atomic mass is 10.1. The SMILES string of the molecule is Cc1ccc(C2CSCCN2)cc1F. The minimum atomic E-state index is -0.0973. The minimum absolute atomic E-state index is 0.0973. The summed E-state index contributed by atoms with van der Waals surface area (Å²) in [5.41, 5.74) is 1.79. The molecule has 0 saturated carbocycles. The molecule has 14 heavy (non-hydrogen) atoms. The van der Waals surface area contributed by atoms with Gasteiger partial charge in [-0.05, 0) is 24.1 Å². The standard InChI is InChI=1S/C11H14FNS/c1-8-2-3-9(6-10(8)12)11-7-14-5-4-13-11/h2-3,6,11,13H,4-5,7H2,1H3. The molecular weight excluding hydrogens is 197 g/mol. The fourth-order valence-electron chi connectivity index (χ4n) is 1.61. The van der Waals surface area contributed by atoms with E-state index in [0.29, 0.717) is 6.04 Å². The fourth-order valence-corrected chi connectivity index (χ4v) is 2.58. The molecule has 1 N–H and O–H groups in total. The molecule has 1 saturated heterocycles. The number of nitrogens with one attached hydrogen (secondary N) is 1. The molecule has 0 amide bonds. The van der Waals surface area contributed by atoms with Crippen molar-refractivity contribution in [3.8, 4) is 0 Å². The molecule has 1 fully saturated rings. The van der Waals surface area contributed by atoms with Gasteiger partial charge in [0.15, 0.2) is 0 Å². The molecule has 1 aromatic carbocycles. The van der Waals surface area contributed by atoms with Crippen molar-refractivity contribution in [3.63, 3.8) is 0 Å². The summed E-state index contributed by atoms with van der Waals surface area (Å²) in [5, 5.41) is 3.39. The van der Waals surface area contributed by atoms with Gasteiger partial charge in [0.2, 0.25) is 0 Å². The lowest BCUT2D eigenvalue weighted by Gasteiger charge is -2.23. The zero-order valence-electron chi connectivity index (χ0n) is 8.22. The highest BCUT2D eigenvalue weighted by Gasteiger charge is 2.15. The number of hydrogen-bond acceptors (Lipinski definition) is 2. The second kappa shape index (κ2) is 4.32. The highest BCUT2D eigenvalue weighted by atomic mass is 32.2. The van der Waals surface area contributed by atoms with Crippen molar-refractivity contribution in [1.29, 1.82) is 0 Å². The smallest absolute Gasteiger partial charge is 0.126 e. The fraction of sp³-hybridized carbons (Fsp3) is 0.455. The maximum atomic E-state index is 13.3. The summed E-state index contributed by atoms with van der Waals surface area (Å²) in [4.78, 5) is 0. The summed E-state index contributed by atoms with van der Waals surface area (Å²) in [6.07, 6.45) is 0. The van der Waals surface area contributed by atoms with Crippen molar-refractivity contribution in [1.82, 2.24) is 5.32 Å². The van der Waals surface area contributed by atoms with Crippen molar-refractivity contribution >= 4 is 11.8 Å². The Morgan fingerprint density at radius 1 is 1.50 bits per heavy atom. The number of thioether (sulfide) groups is 1. The molecule has 0 bridgehead atoms. The zero-order valence-corrected chi connectivity index (χ0v) is 9.03. The Morgan fingerprint density at radius 2 is 2.36 bits per heavy atom. The first-order valence-electron chi connectivity index (χ1n) is 4.84. The largest absolute Gasteiger partial charge is 0.308 e. The van der Waals surface area contributed by atoms with Crippen LogP contribution in [0.1, 0.15) is 17.2 Å². The van der Waals surface area contributed by atoms with Crippen LogP contribution in [0.4, 0.5) is 4.39 Å². The summed E-state index contributed by atoms with van der Waals surface area (Å²) < 4.78 is 13.3. The van der Waals surface area contributed by atoms with E-state index in [1.807, 2.05) is 23.9 Å². The topological polar surface area (TPSA) is 12.0 Å². The Morgan fingerprint density at radius 3 is 3.00 bits per heavy atom. The Labute approximate surface area is 88.1 Å². The van der Waals surface area contributed by atoms with E-state index < -0.39 is 0 Å². The van der Waals surface area contributed by atoms with Gasteiger partial charge in [-0.3, -0.25) is 0 Å². The average molecular weight is 211 g/mol. The molecule has 0 aliphatic carbocycles. The van der Waals surface area contributed by atoms with Gasteiger partial charge in [-0.25, -0.2) is 4.39 Å². The molecule has 3 heteroatoms. The van der Waals surface area contributed by atoms with Crippen LogP contribution in [0.2, 0.25) is 0 Å². The first kappa shape index (κ1) is 9.99. The Bertz CT molecular complexity index is 321. The molecule has 0 radical (unpaired) electrons. The maximum absolute atomic E-state index is 13.3. The van der Waals surface area contributed by atoms with E-state index in [0.717, 1.165) is 29.2 Å². The van der Waals surface area contributed by atoms with E-state index in [-0.39, 0.29) is 5.82 Å². The third-order valence-electron chi connectivity index (χ3n) is 2.52. The molecule has 0 spiro atoms. The molecule has 1 heterocycles. The average Bonchev–Trinajstić information content (AvgIpc) is 2.23. The van der Waals surface area contributed by atoms with E-state index in [1.165, 1.54) is 0 Å². The molecule has 1 nitrogen and oxygen atoms in total. The second-order valence-corrected chi connectivity index (χ2v) is 4.74. The van der Waals surface area contributed by atoms with Crippen molar-refractivity contribution in [2.45, 2.75) is 13.0 Å². The molecule has 1 unspecified atom stereocenters. The summed E-state index contributed by atoms with van der Waals surface area (Å²) in [6, 6.07) is 5.84. The normalized spacial score (nSPS) is 22.3. The second-order valence-electron chi connectivity index (χ2n) is 3.59. The highest BCUT2D eigenvalue weighted by molar-refractivity contribution is 7.99. The van der Waals surface area contributed by atoms with Gasteiger partial charge in [-0.2, -0.15) is 11.8 Å². The number of rotatable bonds is 1. The van der Waals surface area contributed by atoms with Gasteiger partial charge in [-0.1, -0.05) is 12.1 Å². The Hall–Kier alpha value is -0.540. The van der Waals surface area contributed by atoms with Gasteiger partial charge in [0.05, 0.1) is 0 Å². The molecule has 1 aliphatic rings. The van der Waals surface area contributed by atoms with Crippen LogP contribution >= 0.6 is 11.8 Å². The molecule has 76 valence electrons. The van der Waals surface area contributed by atoms with Gasteiger partial charge in [0, 0.05) is 24.1 Å². The number of aryl methyl sites for hydroxylation is 1. The first-order valence-corrected chi connectivity index (χ1v) is 6.00. The predicted molar refractivity (Wildman–Crippen MR) is 59.2 cm³/mol. The van der Waals surface area contributed by atoms with E-state index in [2.05, 4.69) is 5.32 Å². The van der Waals surface area contributed by atoms with Crippen molar-refractivity contribution < 1.29 is 4.39 Å². The molecule has 2 rings (SSSR count). The molecule has 1 aliphatic heterocycles. The maximum Gasteiger partial charge on any atom is 0.126 e. The van der Waals surface area contributed by atoms with E-state index in [9.17, 15) is 4.39 Å². The Balaban J connectivity index is 2.18. The van der Waals surface area contributed by atoms with Gasteiger partial charge in [0.1, 0.15) is 5.82 Å². The quantitative estimate of drug-likeness (QED) is 0.766. The molecular formula is C11H14FNS. The van der Waals surface area contributed by atoms with E-state index >= 15 is 0 Å². The third-order valence-corrected chi connectivity index (χ3v) is 3.58. The van der Waals surface area contributed by atoms with Crippen LogP contribution in [-0.2, 0) is 0 Å². The number of hydrogen-bond donors (Lipinski definition) is 1. The zero-order chi connectivity index (χ0) is 9.97.